The van der Waals surface area contributed by atoms with E-state index in [-0.39, 0.29) is 28.1 Å². The summed E-state index contributed by atoms with van der Waals surface area (Å²) in [7, 11) is -3.28. The van der Waals surface area contributed by atoms with Crippen molar-refractivity contribution in [2.45, 2.75) is 5.75 Å². The molecule has 0 unspecified atom stereocenters. The average Bonchev–Trinajstić information content (AvgIpc) is 3.15. The van der Waals surface area contributed by atoms with Crippen molar-refractivity contribution in [1.29, 1.82) is 0 Å². The van der Waals surface area contributed by atoms with E-state index in [1.165, 1.54) is 36.7 Å². The Labute approximate surface area is 165 Å². The van der Waals surface area contributed by atoms with E-state index in [4.69, 9.17) is 4.42 Å². The molecule has 3 aromatic heterocycles. The highest BCUT2D eigenvalue weighted by molar-refractivity contribution is 7.89. The molecule has 0 bridgehead atoms. The number of fused-ring (bicyclic) bond motifs is 1. The highest BCUT2D eigenvalue weighted by atomic mass is 32.2. The first-order valence-electron chi connectivity index (χ1n) is 8.52. The molecule has 1 N–H and O–H groups in total. The van der Waals surface area contributed by atoms with Crippen molar-refractivity contribution in [2.75, 3.05) is 11.6 Å². The van der Waals surface area contributed by atoms with E-state index in [1.807, 2.05) is 0 Å². The van der Waals surface area contributed by atoms with Crippen molar-refractivity contribution in [3.05, 3.63) is 72.3 Å². The molecule has 9 heteroatoms. The fraction of sp³-hybridized carbons (Fsp3) is 0.100. The smallest absolute Gasteiger partial charge is 0.151 e. The predicted octanol–water partition coefficient (Wildman–Crippen LogP) is 4.46. The summed E-state index contributed by atoms with van der Waals surface area (Å²) in [4.78, 5) is 8.16. The summed E-state index contributed by atoms with van der Waals surface area (Å²) < 4.78 is 57.1. The minimum Gasteiger partial charge on any atom is -0.464 e. The van der Waals surface area contributed by atoms with E-state index < -0.39 is 21.5 Å². The summed E-state index contributed by atoms with van der Waals surface area (Å²) in [6.07, 6.45) is 4.99. The molecule has 148 valence electrons. The summed E-state index contributed by atoms with van der Waals surface area (Å²) in [5.41, 5.74) is 1.20. The molecule has 0 aliphatic heterocycles. The lowest BCUT2D eigenvalue weighted by Crippen LogP contribution is -2.06. The molecule has 0 radical (unpaired) electrons. The van der Waals surface area contributed by atoms with Crippen LogP contribution in [0.1, 0.15) is 5.56 Å². The Bertz CT molecular complexity index is 1320. The van der Waals surface area contributed by atoms with Gasteiger partial charge in [-0.3, -0.25) is 0 Å². The van der Waals surface area contributed by atoms with E-state index >= 15 is 0 Å². The molecule has 4 rings (SSSR count). The number of anilines is 2. The molecule has 29 heavy (non-hydrogen) atoms. The second kappa shape index (κ2) is 7.25. The number of benzene rings is 1. The van der Waals surface area contributed by atoms with E-state index in [9.17, 15) is 17.2 Å². The van der Waals surface area contributed by atoms with E-state index in [2.05, 4.69) is 15.3 Å². The number of furan rings is 1. The van der Waals surface area contributed by atoms with E-state index in [1.54, 1.807) is 12.1 Å². The molecular weight excluding hydrogens is 400 g/mol. The van der Waals surface area contributed by atoms with Crippen molar-refractivity contribution < 1.29 is 21.6 Å². The minimum atomic E-state index is -3.28. The van der Waals surface area contributed by atoms with Gasteiger partial charge in [-0.15, -0.1) is 0 Å². The zero-order chi connectivity index (χ0) is 20.6. The van der Waals surface area contributed by atoms with Gasteiger partial charge >= 0.3 is 0 Å². The molecule has 1 aromatic carbocycles. The normalized spacial score (nSPS) is 11.7. The molecule has 0 aliphatic carbocycles. The van der Waals surface area contributed by atoms with Crippen molar-refractivity contribution >= 4 is 32.4 Å². The quantitative estimate of drug-likeness (QED) is 0.518. The minimum absolute atomic E-state index is 0.156. The summed E-state index contributed by atoms with van der Waals surface area (Å²) >= 11 is 0. The third-order valence-electron chi connectivity index (χ3n) is 4.26. The molecule has 0 amide bonds. The van der Waals surface area contributed by atoms with Gasteiger partial charge in [0.25, 0.3) is 0 Å². The van der Waals surface area contributed by atoms with Gasteiger partial charge in [0.05, 0.1) is 23.6 Å². The standard InChI is InChI=1S/C20H15F2N3O3S/c1-29(26,27)11-12-3-2-7-23-20(12)25-18-9-15(17(22)10-24-18)13-4-5-16(21)14-6-8-28-19(13)14/h2-10H,11H2,1H3,(H,23,24,25). The van der Waals surface area contributed by atoms with Crippen LogP contribution in [0.2, 0.25) is 0 Å². The van der Waals surface area contributed by atoms with E-state index in [0.29, 0.717) is 16.9 Å². The number of hydrogen-bond acceptors (Lipinski definition) is 6. The summed E-state index contributed by atoms with van der Waals surface area (Å²) in [5, 5.41) is 3.17. The van der Waals surface area contributed by atoms with Crippen LogP contribution in [-0.4, -0.2) is 24.6 Å². The Balaban J connectivity index is 1.76. The second-order valence-corrected chi connectivity index (χ2v) is 8.65. The maximum Gasteiger partial charge on any atom is 0.151 e. The number of pyridine rings is 2. The van der Waals surface area contributed by atoms with Gasteiger partial charge in [-0.2, -0.15) is 0 Å². The van der Waals surface area contributed by atoms with Crippen LogP contribution in [-0.2, 0) is 15.6 Å². The lowest BCUT2D eigenvalue weighted by Gasteiger charge is -2.11. The van der Waals surface area contributed by atoms with Crippen molar-refractivity contribution in [1.82, 2.24) is 9.97 Å². The number of nitrogens with one attached hydrogen (secondary N) is 1. The van der Waals surface area contributed by atoms with Crippen LogP contribution in [0.15, 0.2) is 59.5 Å². The number of rotatable bonds is 5. The Kier molecular flexibility index (Phi) is 4.75. The molecule has 0 fully saturated rings. The Hall–Kier alpha value is -3.33. The van der Waals surface area contributed by atoms with Crippen molar-refractivity contribution in [3.8, 4) is 11.1 Å². The van der Waals surface area contributed by atoms with Crippen LogP contribution in [0, 0.1) is 11.6 Å². The third-order valence-corrected chi connectivity index (χ3v) is 5.10. The summed E-state index contributed by atoms with van der Waals surface area (Å²) in [5.74, 6) is -0.743. The van der Waals surface area contributed by atoms with Crippen LogP contribution < -0.4 is 5.32 Å². The van der Waals surface area contributed by atoms with Gasteiger partial charge in [0, 0.05) is 29.1 Å². The number of halogens is 2. The Morgan fingerprint density at radius 2 is 1.90 bits per heavy atom. The monoisotopic (exact) mass is 415 g/mol. The van der Waals surface area contributed by atoms with Crippen LogP contribution >= 0.6 is 0 Å². The van der Waals surface area contributed by atoms with Crippen LogP contribution in [0.5, 0.6) is 0 Å². The molecule has 3 heterocycles. The molecule has 4 aromatic rings. The van der Waals surface area contributed by atoms with Gasteiger partial charge in [0.2, 0.25) is 0 Å². The lowest BCUT2D eigenvalue weighted by atomic mass is 10.0. The molecular formula is C20H15F2N3O3S. The number of hydrogen-bond donors (Lipinski definition) is 1. The third kappa shape index (κ3) is 3.95. The zero-order valence-electron chi connectivity index (χ0n) is 15.2. The first kappa shape index (κ1) is 19.0. The second-order valence-electron chi connectivity index (χ2n) is 6.51. The average molecular weight is 415 g/mol. The molecule has 6 nitrogen and oxygen atoms in total. The van der Waals surface area contributed by atoms with Crippen LogP contribution in [0.3, 0.4) is 0 Å². The molecule has 0 aliphatic rings. The fourth-order valence-electron chi connectivity index (χ4n) is 3.02. The highest BCUT2D eigenvalue weighted by Gasteiger charge is 2.16. The predicted molar refractivity (Wildman–Crippen MR) is 105 cm³/mol. The van der Waals surface area contributed by atoms with Crippen LogP contribution in [0.25, 0.3) is 22.1 Å². The first-order valence-corrected chi connectivity index (χ1v) is 10.6. The molecule has 0 spiro atoms. The molecule has 0 atom stereocenters. The van der Waals surface area contributed by atoms with Gasteiger partial charge in [-0.25, -0.2) is 27.2 Å². The van der Waals surface area contributed by atoms with Crippen molar-refractivity contribution in [3.63, 3.8) is 0 Å². The number of aromatic nitrogens is 2. The lowest BCUT2D eigenvalue weighted by molar-refractivity contribution is 0.601. The summed E-state index contributed by atoms with van der Waals surface area (Å²) in [6, 6.07) is 8.83. The number of nitrogens with zero attached hydrogens (tertiary/aromatic N) is 2. The largest absolute Gasteiger partial charge is 0.464 e. The Morgan fingerprint density at radius 3 is 2.69 bits per heavy atom. The zero-order valence-corrected chi connectivity index (χ0v) is 16.0. The van der Waals surface area contributed by atoms with Gasteiger partial charge in [0.15, 0.2) is 9.84 Å². The Morgan fingerprint density at radius 1 is 1.07 bits per heavy atom. The summed E-state index contributed by atoms with van der Waals surface area (Å²) in [6.45, 7) is 0. The molecule has 0 saturated heterocycles. The first-order chi connectivity index (χ1) is 13.8. The van der Waals surface area contributed by atoms with Crippen molar-refractivity contribution in [2.24, 2.45) is 0 Å². The fourth-order valence-corrected chi connectivity index (χ4v) is 3.82. The number of sulfone groups is 1. The van der Waals surface area contributed by atoms with Gasteiger partial charge < -0.3 is 9.73 Å². The van der Waals surface area contributed by atoms with Gasteiger partial charge in [0.1, 0.15) is 28.9 Å². The highest BCUT2D eigenvalue weighted by Crippen LogP contribution is 2.34. The maximum atomic E-state index is 14.5. The van der Waals surface area contributed by atoms with Crippen LogP contribution in [0.4, 0.5) is 20.4 Å². The van der Waals surface area contributed by atoms with Gasteiger partial charge in [-0.1, -0.05) is 6.07 Å². The SMILES string of the molecule is CS(=O)(=O)Cc1cccnc1Nc1cc(-c2ccc(F)c3ccoc23)c(F)cn1. The maximum absolute atomic E-state index is 14.5. The molecule has 0 saturated carbocycles. The van der Waals surface area contributed by atoms with Gasteiger partial charge in [-0.05, 0) is 30.3 Å². The topological polar surface area (TPSA) is 85.1 Å². The van der Waals surface area contributed by atoms with E-state index in [0.717, 1.165) is 12.5 Å².